The van der Waals surface area contributed by atoms with Crippen molar-refractivity contribution in [2.45, 2.75) is 45.3 Å². The van der Waals surface area contributed by atoms with Crippen LogP contribution in [0.15, 0.2) is 41.5 Å². The van der Waals surface area contributed by atoms with Crippen LogP contribution in [0.3, 0.4) is 0 Å². The highest BCUT2D eigenvalue weighted by Crippen LogP contribution is 2.28. The van der Waals surface area contributed by atoms with E-state index in [9.17, 15) is 24.0 Å². The Morgan fingerprint density at radius 2 is 1.90 bits per heavy atom. The predicted octanol–water partition coefficient (Wildman–Crippen LogP) is 2.62. The van der Waals surface area contributed by atoms with E-state index >= 15 is 0 Å². The van der Waals surface area contributed by atoms with E-state index in [1.54, 1.807) is 0 Å². The van der Waals surface area contributed by atoms with E-state index < -0.39 is 11.4 Å². The van der Waals surface area contributed by atoms with Gasteiger partial charge in [0.15, 0.2) is 18.2 Å². The van der Waals surface area contributed by atoms with Gasteiger partial charge < -0.3 is 9.94 Å². The molecular weight excluding hydrogens is 391 g/mol. The summed E-state index contributed by atoms with van der Waals surface area (Å²) in [6, 6.07) is 5.26. The second-order valence-corrected chi connectivity index (χ2v) is 7.73. The van der Waals surface area contributed by atoms with Crippen LogP contribution in [-0.2, 0) is 20.9 Å². The van der Waals surface area contributed by atoms with E-state index in [1.165, 1.54) is 48.1 Å². The largest absolute Gasteiger partial charge is 0.619 e. The highest BCUT2D eigenvalue weighted by molar-refractivity contribution is 6.05. The first-order chi connectivity index (χ1) is 14.3. The third-order valence-corrected chi connectivity index (χ3v) is 5.73. The van der Waals surface area contributed by atoms with E-state index in [1.807, 2.05) is 0 Å². The minimum absolute atomic E-state index is 0.0833. The molecule has 1 aliphatic rings. The molecule has 1 fully saturated rings. The van der Waals surface area contributed by atoms with Crippen LogP contribution >= 0.6 is 0 Å². The van der Waals surface area contributed by atoms with Gasteiger partial charge in [-0.2, -0.15) is 4.73 Å². The third-order valence-electron chi connectivity index (χ3n) is 5.73. The van der Waals surface area contributed by atoms with Crippen molar-refractivity contribution in [3.8, 4) is 0 Å². The molecule has 0 aliphatic heterocycles. The monoisotopic (exact) mass is 412 g/mol. The summed E-state index contributed by atoms with van der Waals surface area (Å²) >= 11 is 0. The van der Waals surface area contributed by atoms with Gasteiger partial charge in [-0.15, -0.1) is 0 Å². The number of esters is 1. The average molecular weight is 412 g/mol. The molecule has 1 aromatic carbocycles. The van der Waals surface area contributed by atoms with Crippen LogP contribution in [0.4, 0.5) is 4.39 Å². The van der Waals surface area contributed by atoms with Crippen LogP contribution in [0.25, 0.3) is 21.7 Å². The molecule has 0 saturated heterocycles. The lowest BCUT2D eigenvalue weighted by molar-refractivity contribution is -0.603. The number of ketones is 1. The number of Topliss-reactive ketones (excluding diaryl/α,β-unsaturated/α-hetero) is 1. The SMILES string of the molecule is CC(=O)OC1CCC(C(=O)Cn2c(=O)c3ccc(F)cc3c3c[n+]([O-])ccc32)CC1. The number of hydrogen-bond acceptors (Lipinski definition) is 5. The maximum absolute atomic E-state index is 13.8. The van der Waals surface area contributed by atoms with Crippen LogP contribution in [0.1, 0.15) is 32.6 Å². The van der Waals surface area contributed by atoms with Crippen LogP contribution in [-0.4, -0.2) is 22.4 Å². The van der Waals surface area contributed by atoms with Crippen molar-refractivity contribution in [1.29, 1.82) is 0 Å². The minimum atomic E-state index is -0.511. The van der Waals surface area contributed by atoms with Gasteiger partial charge >= 0.3 is 5.97 Å². The number of pyridine rings is 2. The number of fused-ring (bicyclic) bond motifs is 3. The van der Waals surface area contributed by atoms with Gasteiger partial charge in [0, 0.05) is 29.7 Å². The molecular formula is C22H21FN2O5. The Kier molecular flexibility index (Phi) is 5.24. The van der Waals surface area contributed by atoms with Crippen LogP contribution in [0.5, 0.6) is 0 Å². The van der Waals surface area contributed by atoms with E-state index in [2.05, 4.69) is 0 Å². The van der Waals surface area contributed by atoms with Crippen molar-refractivity contribution in [3.63, 3.8) is 0 Å². The molecule has 2 heterocycles. The van der Waals surface area contributed by atoms with Gasteiger partial charge in [-0.3, -0.25) is 19.0 Å². The summed E-state index contributed by atoms with van der Waals surface area (Å²) in [5.74, 6) is -1.15. The molecule has 0 unspecified atom stereocenters. The lowest BCUT2D eigenvalue weighted by Gasteiger charge is -2.27. The number of rotatable bonds is 4. The average Bonchev–Trinajstić information content (AvgIpc) is 2.71. The fourth-order valence-electron chi connectivity index (χ4n) is 4.27. The summed E-state index contributed by atoms with van der Waals surface area (Å²) in [7, 11) is 0. The second-order valence-electron chi connectivity index (χ2n) is 7.73. The molecule has 3 aromatic rings. The highest BCUT2D eigenvalue weighted by atomic mass is 19.1. The standard InChI is InChI=1S/C22H21FN2O5/c1-13(26)30-16-5-2-14(3-6-16)21(27)12-25-20-8-9-24(29)11-19(20)18-10-15(23)4-7-17(18)22(25)28/h4,7-11,14,16H,2-3,5-6,12H2,1H3. The zero-order valence-corrected chi connectivity index (χ0v) is 16.5. The van der Waals surface area contributed by atoms with Gasteiger partial charge in [0.25, 0.3) is 5.56 Å². The molecule has 0 bridgehead atoms. The van der Waals surface area contributed by atoms with Gasteiger partial charge in [0.05, 0.1) is 17.4 Å². The maximum Gasteiger partial charge on any atom is 0.302 e. The zero-order valence-electron chi connectivity index (χ0n) is 16.5. The molecule has 0 radical (unpaired) electrons. The Hall–Kier alpha value is -3.29. The highest BCUT2D eigenvalue weighted by Gasteiger charge is 2.28. The Bertz CT molecular complexity index is 1210. The van der Waals surface area contributed by atoms with Crippen molar-refractivity contribution in [2.75, 3.05) is 0 Å². The van der Waals surface area contributed by atoms with Crippen molar-refractivity contribution < 1.29 is 23.4 Å². The van der Waals surface area contributed by atoms with Crippen molar-refractivity contribution in [3.05, 3.63) is 58.0 Å². The third kappa shape index (κ3) is 3.77. The van der Waals surface area contributed by atoms with Gasteiger partial charge in [-0.25, -0.2) is 4.39 Å². The smallest absolute Gasteiger partial charge is 0.302 e. The Morgan fingerprint density at radius 3 is 2.60 bits per heavy atom. The Balaban J connectivity index is 1.68. The van der Waals surface area contributed by atoms with Gasteiger partial charge in [-0.1, -0.05) is 0 Å². The lowest BCUT2D eigenvalue weighted by Crippen LogP contribution is -2.33. The first-order valence-corrected chi connectivity index (χ1v) is 9.88. The van der Waals surface area contributed by atoms with Crippen LogP contribution < -0.4 is 10.3 Å². The molecule has 4 rings (SSSR count). The normalized spacial score (nSPS) is 19.1. The molecule has 30 heavy (non-hydrogen) atoms. The van der Waals surface area contributed by atoms with E-state index in [-0.39, 0.29) is 35.7 Å². The molecule has 1 aliphatic carbocycles. The number of halogens is 1. The summed E-state index contributed by atoms with van der Waals surface area (Å²) in [5.41, 5.74) is 0.00949. The Labute approximate surface area is 171 Å². The summed E-state index contributed by atoms with van der Waals surface area (Å²) in [6.07, 6.45) is 4.75. The molecule has 2 aromatic heterocycles. The van der Waals surface area contributed by atoms with Crippen LogP contribution in [0, 0.1) is 16.9 Å². The summed E-state index contributed by atoms with van der Waals surface area (Å²) < 4.78 is 20.9. The molecule has 7 nitrogen and oxygen atoms in total. The van der Waals surface area contributed by atoms with E-state index in [0.29, 0.717) is 46.7 Å². The molecule has 0 N–H and O–H groups in total. The first-order valence-electron chi connectivity index (χ1n) is 9.88. The van der Waals surface area contributed by atoms with E-state index in [0.717, 1.165) is 0 Å². The summed E-state index contributed by atoms with van der Waals surface area (Å²) in [5, 5.41) is 12.8. The summed E-state index contributed by atoms with van der Waals surface area (Å²) in [6.45, 7) is 1.24. The zero-order chi connectivity index (χ0) is 21.4. The lowest BCUT2D eigenvalue weighted by atomic mass is 9.84. The quantitative estimate of drug-likeness (QED) is 0.284. The number of carbonyl (C=O) groups is 2. The van der Waals surface area contributed by atoms with Gasteiger partial charge in [0.1, 0.15) is 11.9 Å². The maximum atomic E-state index is 13.8. The molecule has 0 amide bonds. The van der Waals surface area contributed by atoms with Crippen molar-refractivity contribution in [1.82, 2.24) is 4.57 Å². The predicted molar refractivity (Wildman–Crippen MR) is 107 cm³/mol. The molecule has 0 atom stereocenters. The van der Waals surface area contributed by atoms with E-state index in [4.69, 9.17) is 4.74 Å². The van der Waals surface area contributed by atoms with Crippen molar-refractivity contribution in [2.24, 2.45) is 5.92 Å². The Morgan fingerprint density at radius 1 is 1.17 bits per heavy atom. The number of aromatic nitrogens is 2. The van der Waals surface area contributed by atoms with Crippen LogP contribution in [0.2, 0.25) is 0 Å². The number of benzene rings is 1. The number of carbonyl (C=O) groups excluding carboxylic acids is 2. The van der Waals surface area contributed by atoms with Gasteiger partial charge in [0.2, 0.25) is 0 Å². The fourth-order valence-corrected chi connectivity index (χ4v) is 4.27. The number of hydrogen-bond donors (Lipinski definition) is 0. The number of ether oxygens (including phenoxy) is 1. The second kappa shape index (κ2) is 7.85. The molecule has 156 valence electrons. The van der Waals surface area contributed by atoms with Gasteiger partial charge in [-0.05, 0) is 43.9 Å². The molecule has 8 heteroatoms. The topological polar surface area (TPSA) is 92.3 Å². The van der Waals surface area contributed by atoms with Crippen molar-refractivity contribution >= 4 is 33.4 Å². The first kappa shape index (κ1) is 20.0. The fraction of sp³-hybridized carbons (Fsp3) is 0.364. The summed E-state index contributed by atoms with van der Waals surface area (Å²) in [4.78, 5) is 37.1. The molecule has 1 saturated carbocycles. The number of nitrogens with zero attached hydrogens (tertiary/aromatic N) is 2. The minimum Gasteiger partial charge on any atom is -0.619 e. The molecule has 0 spiro atoms.